The van der Waals surface area contributed by atoms with Crippen LogP contribution in [0.25, 0.3) is 0 Å². The van der Waals surface area contributed by atoms with Crippen molar-refractivity contribution in [3.8, 4) is 0 Å². The number of rotatable bonds is 10. The van der Waals surface area contributed by atoms with Gasteiger partial charge in [0.05, 0.1) is 5.60 Å². The molecule has 0 aromatic rings. The average Bonchev–Trinajstić information content (AvgIpc) is 2.33. The minimum Gasteiger partial charge on any atom is -0.480 e. The van der Waals surface area contributed by atoms with Gasteiger partial charge in [-0.3, -0.25) is 4.79 Å². The number of methoxy groups -OCH3 is 1. The van der Waals surface area contributed by atoms with E-state index in [1.54, 1.807) is 14.0 Å². The number of carbonyl (C=O) groups is 1. The molecule has 0 aliphatic carbocycles. The minimum absolute atomic E-state index is 0.178. The fraction of sp³-hybridized carbons (Fsp3) is 0.923. The van der Waals surface area contributed by atoms with Crippen LogP contribution in [0.3, 0.4) is 0 Å². The standard InChI is InChI=1S/C13H27NO4/c1-5-13(14,11(15)16)7-6-9-18-10-8-12(2,3)17-4/h5-10,14H2,1-4H3,(H,15,16). The fourth-order valence-corrected chi connectivity index (χ4v) is 1.45. The van der Waals surface area contributed by atoms with E-state index in [1.165, 1.54) is 0 Å². The summed E-state index contributed by atoms with van der Waals surface area (Å²) < 4.78 is 10.7. The van der Waals surface area contributed by atoms with Crippen molar-refractivity contribution in [3.05, 3.63) is 0 Å². The molecule has 0 radical (unpaired) electrons. The maximum atomic E-state index is 11.0. The highest BCUT2D eigenvalue weighted by molar-refractivity contribution is 5.78. The molecule has 0 aliphatic rings. The van der Waals surface area contributed by atoms with Crippen molar-refractivity contribution in [1.82, 2.24) is 0 Å². The molecular weight excluding hydrogens is 234 g/mol. The highest BCUT2D eigenvalue weighted by Crippen LogP contribution is 2.15. The van der Waals surface area contributed by atoms with E-state index in [0.29, 0.717) is 32.5 Å². The summed E-state index contributed by atoms with van der Waals surface area (Å²) in [5, 5.41) is 8.99. The molecule has 0 saturated heterocycles. The number of carboxylic acids is 1. The second kappa shape index (κ2) is 7.71. The van der Waals surface area contributed by atoms with Crippen molar-refractivity contribution in [2.24, 2.45) is 5.73 Å². The van der Waals surface area contributed by atoms with E-state index in [1.807, 2.05) is 13.8 Å². The Kier molecular flexibility index (Phi) is 7.43. The number of ether oxygens (including phenoxy) is 2. The third kappa shape index (κ3) is 6.33. The van der Waals surface area contributed by atoms with Gasteiger partial charge >= 0.3 is 5.97 Å². The maximum absolute atomic E-state index is 11.0. The first-order valence-electron chi connectivity index (χ1n) is 6.42. The maximum Gasteiger partial charge on any atom is 0.323 e. The lowest BCUT2D eigenvalue weighted by Gasteiger charge is -2.24. The lowest BCUT2D eigenvalue weighted by molar-refractivity contribution is -0.143. The van der Waals surface area contributed by atoms with Crippen molar-refractivity contribution >= 4 is 5.97 Å². The summed E-state index contributed by atoms with van der Waals surface area (Å²) in [6.07, 6.45) is 2.33. The number of carboxylic acid groups (broad SMARTS) is 1. The van der Waals surface area contributed by atoms with Gasteiger partial charge in [-0.1, -0.05) is 6.92 Å². The van der Waals surface area contributed by atoms with Crippen LogP contribution in [0.15, 0.2) is 0 Å². The number of aliphatic carboxylic acids is 1. The summed E-state index contributed by atoms with van der Waals surface area (Å²) in [6, 6.07) is 0. The van der Waals surface area contributed by atoms with Gasteiger partial charge in [-0.2, -0.15) is 0 Å². The molecule has 0 rings (SSSR count). The van der Waals surface area contributed by atoms with E-state index >= 15 is 0 Å². The molecule has 0 bridgehead atoms. The molecule has 108 valence electrons. The Hall–Kier alpha value is -0.650. The van der Waals surface area contributed by atoms with Crippen molar-refractivity contribution in [2.75, 3.05) is 20.3 Å². The van der Waals surface area contributed by atoms with Crippen molar-refractivity contribution in [1.29, 1.82) is 0 Å². The quantitative estimate of drug-likeness (QED) is 0.586. The first kappa shape index (κ1) is 17.4. The molecule has 0 aromatic carbocycles. The SMILES string of the molecule is CCC(N)(CCCOCCC(C)(C)OC)C(=O)O. The molecule has 5 heteroatoms. The normalized spacial score (nSPS) is 15.4. The Balaban J connectivity index is 3.72. The topological polar surface area (TPSA) is 81.8 Å². The lowest BCUT2D eigenvalue weighted by atomic mass is 9.92. The zero-order valence-corrected chi connectivity index (χ0v) is 12.0. The first-order chi connectivity index (χ1) is 8.27. The second-order valence-corrected chi connectivity index (χ2v) is 5.24. The summed E-state index contributed by atoms with van der Waals surface area (Å²) in [7, 11) is 1.68. The number of hydrogen-bond donors (Lipinski definition) is 2. The third-order valence-electron chi connectivity index (χ3n) is 3.37. The third-order valence-corrected chi connectivity index (χ3v) is 3.37. The van der Waals surface area contributed by atoms with Crippen molar-refractivity contribution < 1.29 is 19.4 Å². The van der Waals surface area contributed by atoms with Crippen LogP contribution in [0.2, 0.25) is 0 Å². The number of hydrogen-bond acceptors (Lipinski definition) is 4. The van der Waals surface area contributed by atoms with Crippen LogP contribution < -0.4 is 5.73 Å². The van der Waals surface area contributed by atoms with Gasteiger partial charge < -0.3 is 20.3 Å². The van der Waals surface area contributed by atoms with E-state index in [2.05, 4.69) is 0 Å². The monoisotopic (exact) mass is 261 g/mol. The lowest BCUT2D eigenvalue weighted by Crippen LogP contribution is -2.47. The van der Waals surface area contributed by atoms with Gasteiger partial charge in [-0.05, 0) is 39.5 Å². The molecule has 1 atom stereocenters. The summed E-state index contributed by atoms with van der Waals surface area (Å²) in [6.45, 7) is 6.94. The molecule has 5 nitrogen and oxygen atoms in total. The van der Waals surface area contributed by atoms with Crippen LogP contribution in [0, 0.1) is 0 Å². The van der Waals surface area contributed by atoms with Gasteiger partial charge in [-0.15, -0.1) is 0 Å². The van der Waals surface area contributed by atoms with Crippen LogP contribution in [0.5, 0.6) is 0 Å². The van der Waals surface area contributed by atoms with Crippen molar-refractivity contribution in [3.63, 3.8) is 0 Å². The summed E-state index contributed by atoms with van der Waals surface area (Å²) in [5.74, 6) is -0.939. The molecule has 0 amide bonds. The van der Waals surface area contributed by atoms with Gasteiger partial charge in [0.2, 0.25) is 0 Å². The predicted molar refractivity (Wildman–Crippen MR) is 70.6 cm³/mol. The van der Waals surface area contributed by atoms with Crippen molar-refractivity contribution in [2.45, 2.75) is 57.6 Å². The molecule has 3 N–H and O–H groups in total. The van der Waals surface area contributed by atoms with Crippen LogP contribution in [0.1, 0.15) is 46.5 Å². The molecule has 1 unspecified atom stereocenters. The van der Waals surface area contributed by atoms with Crippen LogP contribution in [0.4, 0.5) is 0 Å². The Morgan fingerprint density at radius 2 is 1.89 bits per heavy atom. The molecule has 0 fully saturated rings. The Bertz CT molecular complexity index is 255. The minimum atomic E-state index is -1.12. The van der Waals surface area contributed by atoms with Gasteiger partial charge in [0, 0.05) is 20.3 Å². The highest BCUT2D eigenvalue weighted by atomic mass is 16.5. The van der Waals surface area contributed by atoms with Crippen LogP contribution in [-0.4, -0.2) is 42.5 Å². The molecule has 0 spiro atoms. The largest absolute Gasteiger partial charge is 0.480 e. The van der Waals surface area contributed by atoms with E-state index in [0.717, 1.165) is 6.42 Å². The summed E-state index contributed by atoms with van der Waals surface area (Å²) in [4.78, 5) is 11.0. The average molecular weight is 261 g/mol. The first-order valence-corrected chi connectivity index (χ1v) is 6.42. The summed E-state index contributed by atoms with van der Waals surface area (Å²) >= 11 is 0. The van der Waals surface area contributed by atoms with E-state index in [-0.39, 0.29) is 5.60 Å². The van der Waals surface area contributed by atoms with Gasteiger partial charge in [0.1, 0.15) is 5.54 Å². The fourth-order valence-electron chi connectivity index (χ4n) is 1.45. The van der Waals surface area contributed by atoms with Crippen LogP contribution >= 0.6 is 0 Å². The molecule has 0 aliphatic heterocycles. The molecule has 0 heterocycles. The molecule has 18 heavy (non-hydrogen) atoms. The molecular formula is C13H27NO4. The smallest absolute Gasteiger partial charge is 0.323 e. The highest BCUT2D eigenvalue weighted by Gasteiger charge is 2.30. The molecule has 0 aromatic heterocycles. The van der Waals surface area contributed by atoms with Gasteiger partial charge in [-0.25, -0.2) is 0 Å². The zero-order chi connectivity index (χ0) is 14.2. The Morgan fingerprint density at radius 1 is 1.28 bits per heavy atom. The van der Waals surface area contributed by atoms with Crippen LogP contribution in [-0.2, 0) is 14.3 Å². The van der Waals surface area contributed by atoms with E-state index in [9.17, 15) is 4.79 Å². The Labute approximate surface area is 110 Å². The van der Waals surface area contributed by atoms with E-state index < -0.39 is 11.5 Å². The molecule has 0 saturated carbocycles. The summed E-state index contributed by atoms with van der Waals surface area (Å²) in [5.41, 5.74) is 4.48. The van der Waals surface area contributed by atoms with E-state index in [4.69, 9.17) is 20.3 Å². The Morgan fingerprint density at radius 3 is 2.33 bits per heavy atom. The second-order valence-electron chi connectivity index (χ2n) is 5.24. The van der Waals surface area contributed by atoms with Gasteiger partial charge in [0.15, 0.2) is 0 Å². The zero-order valence-electron chi connectivity index (χ0n) is 12.0. The predicted octanol–water partition coefficient (Wildman–Crippen LogP) is 1.79. The number of nitrogens with two attached hydrogens (primary N) is 1. The van der Waals surface area contributed by atoms with Gasteiger partial charge in [0.25, 0.3) is 0 Å².